The Bertz CT molecular complexity index is 756. The third-order valence-corrected chi connectivity index (χ3v) is 10.5. The van der Waals surface area contributed by atoms with E-state index < -0.39 is 49.5 Å². The predicted molar refractivity (Wildman–Crippen MR) is 203 cm³/mol. The van der Waals surface area contributed by atoms with Crippen molar-refractivity contribution in [3.63, 3.8) is 0 Å². The minimum absolute atomic E-state index is 0.132. The highest BCUT2D eigenvalue weighted by atomic mass is 16.7. The zero-order chi connectivity index (χ0) is 36.7. The van der Waals surface area contributed by atoms with Crippen molar-refractivity contribution in [1.29, 1.82) is 0 Å². The quantitative estimate of drug-likeness (QED) is 0.0362. The number of nitrogens with one attached hydrogen (secondary N) is 1. The van der Waals surface area contributed by atoms with Gasteiger partial charge in [0.2, 0.25) is 5.91 Å². The number of unbranched alkanes of at least 4 members (excludes halogenated alkanes) is 25. The van der Waals surface area contributed by atoms with Crippen LogP contribution in [-0.4, -0.2) is 87.5 Å². The summed E-state index contributed by atoms with van der Waals surface area (Å²) < 4.78 is 11.2. The van der Waals surface area contributed by atoms with Crippen LogP contribution in [0.15, 0.2) is 0 Å². The highest BCUT2D eigenvalue weighted by molar-refractivity contribution is 5.76. The van der Waals surface area contributed by atoms with Crippen LogP contribution in [0.2, 0.25) is 0 Å². The van der Waals surface area contributed by atoms with Crippen LogP contribution in [0.1, 0.15) is 200 Å². The van der Waals surface area contributed by atoms with Crippen LogP contribution in [0.4, 0.5) is 0 Å². The lowest BCUT2D eigenvalue weighted by atomic mass is 9.99. The Morgan fingerprint density at radius 2 is 1.00 bits per heavy atom. The van der Waals surface area contributed by atoms with Gasteiger partial charge in [0.25, 0.3) is 0 Å². The molecule has 1 heterocycles. The Labute approximate surface area is 306 Å². The number of amides is 1. The molecule has 0 aliphatic carbocycles. The van der Waals surface area contributed by atoms with Gasteiger partial charge in [-0.15, -0.1) is 0 Å². The van der Waals surface area contributed by atoms with E-state index in [0.29, 0.717) is 12.8 Å². The van der Waals surface area contributed by atoms with E-state index in [1.165, 1.54) is 135 Å². The van der Waals surface area contributed by atoms with E-state index >= 15 is 0 Å². The van der Waals surface area contributed by atoms with Crippen LogP contribution >= 0.6 is 0 Å². The first kappa shape index (κ1) is 47.2. The summed E-state index contributed by atoms with van der Waals surface area (Å²) in [5.41, 5.74) is 0. The van der Waals surface area contributed by atoms with Crippen molar-refractivity contribution in [3.05, 3.63) is 0 Å². The monoisotopic (exact) mass is 716 g/mol. The van der Waals surface area contributed by atoms with Gasteiger partial charge in [0, 0.05) is 6.42 Å². The van der Waals surface area contributed by atoms with Crippen LogP contribution < -0.4 is 5.32 Å². The van der Waals surface area contributed by atoms with Crippen molar-refractivity contribution in [3.8, 4) is 0 Å². The highest BCUT2D eigenvalue weighted by Gasteiger charge is 2.44. The molecule has 1 saturated heterocycles. The lowest BCUT2D eigenvalue weighted by Gasteiger charge is -2.40. The molecular weight excluding hydrogens is 634 g/mol. The second kappa shape index (κ2) is 32.8. The van der Waals surface area contributed by atoms with Gasteiger partial charge in [0.05, 0.1) is 25.4 Å². The van der Waals surface area contributed by atoms with Crippen molar-refractivity contribution in [2.24, 2.45) is 0 Å². The molecule has 0 aromatic rings. The van der Waals surface area contributed by atoms with Crippen molar-refractivity contribution in [1.82, 2.24) is 5.32 Å². The first-order chi connectivity index (χ1) is 24.3. The molecule has 0 aromatic heterocycles. The van der Waals surface area contributed by atoms with Gasteiger partial charge in [-0.25, -0.2) is 0 Å². The minimum Gasteiger partial charge on any atom is -0.394 e. The normalized spacial score (nSPS) is 22.1. The zero-order valence-electron chi connectivity index (χ0n) is 32.4. The third-order valence-electron chi connectivity index (χ3n) is 10.5. The second-order valence-electron chi connectivity index (χ2n) is 15.1. The molecule has 1 fully saturated rings. The molecule has 7 atom stereocenters. The highest BCUT2D eigenvalue weighted by Crippen LogP contribution is 2.23. The summed E-state index contributed by atoms with van der Waals surface area (Å²) in [4.78, 5) is 12.9. The molecule has 2 unspecified atom stereocenters. The maximum atomic E-state index is 12.9. The Hall–Kier alpha value is -0.810. The SMILES string of the molecule is CCCCCCCCCCCCCCCCCC[C@@H](O)[C@H](CO[C@@H]1O[C@H](CO)[C@@H](O)C(O)C1O)NC(=O)CCCCCCCCCCCCC. The van der Waals surface area contributed by atoms with Gasteiger partial charge in [-0.05, 0) is 12.8 Å². The molecule has 0 aromatic carbocycles. The van der Waals surface area contributed by atoms with Crippen LogP contribution in [0.3, 0.4) is 0 Å². The molecule has 1 aliphatic heterocycles. The third kappa shape index (κ3) is 23.7. The first-order valence-electron chi connectivity index (χ1n) is 21.2. The van der Waals surface area contributed by atoms with Gasteiger partial charge in [-0.1, -0.05) is 181 Å². The lowest BCUT2D eigenvalue weighted by Crippen LogP contribution is -2.60. The molecule has 0 saturated carbocycles. The van der Waals surface area contributed by atoms with Crippen molar-refractivity contribution in [2.75, 3.05) is 13.2 Å². The average molecular weight is 716 g/mol. The van der Waals surface area contributed by atoms with Gasteiger partial charge in [-0.3, -0.25) is 4.79 Å². The summed E-state index contributed by atoms with van der Waals surface area (Å²) >= 11 is 0. The molecule has 9 nitrogen and oxygen atoms in total. The number of hydrogen-bond acceptors (Lipinski definition) is 8. The van der Waals surface area contributed by atoms with Gasteiger partial charge < -0.3 is 40.3 Å². The number of aliphatic hydroxyl groups excluding tert-OH is 5. The summed E-state index contributed by atoms with van der Waals surface area (Å²) in [7, 11) is 0. The molecule has 9 heteroatoms. The maximum absolute atomic E-state index is 12.9. The molecular formula is C41H81NO8. The number of ether oxygens (including phenoxy) is 2. The Kier molecular flexibility index (Phi) is 31.0. The van der Waals surface area contributed by atoms with Gasteiger partial charge in [-0.2, -0.15) is 0 Å². The molecule has 1 amide bonds. The minimum atomic E-state index is -1.55. The molecule has 0 bridgehead atoms. The number of hydrogen-bond donors (Lipinski definition) is 6. The number of carbonyl (C=O) groups is 1. The van der Waals surface area contributed by atoms with Crippen LogP contribution in [0, 0.1) is 0 Å². The van der Waals surface area contributed by atoms with E-state index in [4.69, 9.17) is 9.47 Å². The fourth-order valence-electron chi connectivity index (χ4n) is 6.98. The number of carbonyl (C=O) groups excluding carboxylic acids is 1. The Balaban J connectivity index is 2.36. The number of rotatable bonds is 35. The predicted octanol–water partition coefficient (Wildman–Crippen LogP) is 8.00. The van der Waals surface area contributed by atoms with E-state index in [1.54, 1.807) is 0 Å². The molecule has 1 rings (SSSR count). The second-order valence-corrected chi connectivity index (χ2v) is 15.1. The van der Waals surface area contributed by atoms with Gasteiger partial charge in [0.15, 0.2) is 6.29 Å². The zero-order valence-corrected chi connectivity index (χ0v) is 32.4. The molecule has 0 spiro atoms. The van der Waals surface area contributed by atoms with Gasteiger partial charge in [0.1, 0.15) is 24.4 Å². The van der Waals surface area contributed by atoms with E-state index in [1.807, 2.05) is 0 Å². The fourth-order valence-corrected chi connectivity index (χ4v) is 6.98. The largest absolute Gasteiger partial charge is 0.394 e. The smallest absolute Gasteiger partial charge is 0.220 e. The first-order valence-corrected chi connectivity index (χ1v) is 21.2. The van der Waals surface area contributed by atoms with Crippen LogP contribution in [0.5, 0.6) is 0 Å². The molecule has 50 heavy (non-hydrogen) atoms. The lowest BCUT2D eigenvalue weighted by molar-refractivity contribution is -0.302. The van der Waals surface area contributed by atoms with E-state index in [2.05, 4.69) is 19.2 Å². The Morgan fingerprint density at radius 1 is 0.600 bits per heavy atom. The summed E-state index contributed by atoms with van der Waals surface area (Å²) in [5.74, 6) is -0.144. The maximum Gasteiger partial charge on any atom is 0.220 e. The standard InChI is InChI=1S/C41H81NO8/c1-3-5-7-9-11-13-15-16-17-18-19-21-22-24-26-28-30-35(44)34(33-49-41-40(48)39(47)38(46)36(32-43)50-41)42-37(45)31-29-27-25-23-20-14-12-10-8-6-4-2/h34-36,38-41,43-44,46-48H,3-33H2,1-2H3,(H,42,45)/t34-,35+,36+,38+,39?,40?,41+/m0/s1. The summed E-state index contributed by atoms with van der Waals surface area (Å²) in [6.07, 6.45) is 26.8. The van der Waals surface area contributed by atoms with Crippen molar-refractivity contribution >= 4 is 5.91 Å². The topological polar surface area (TPSA) is 149 Å². The number of aliphatic hydroxyl groups is 5. The average Bonchev–Trinajstić information content (AvgIpc) is 3.11. The van der Waals surface area contributed by atoms with Crippen molar-refractivity contribution < 1.29 is 39.8 Å². The van der Waals surface area contributed by atoms with Crippen molar-refractivity contribution in [2.45, 2.75) is 243 Å². The Morgan fingerprint density at radius 3 is 1.42 bits per heavy atom. The van der Waals surface area contributed by atoms with E-state index in [0.717, 1.165) is 38.5 Å². The fraction of sp³-hybridized carbons (Fsp3) is 0.976. The molecule has 0 radical (unpaired) electrons. The molecule has 1 aliphatic rings. The van der Waals surface area contributed by atoms with Gasteiger partial charge >= 0.3 is 0 Å². The summed E-state index contributed by atoms with van der Waals surface area (Å²) in [6, 6.07) is -0.709. The van der Waals surface area contributed by atoms with Crippen LogP contribution in [0.25, 0.3) is 0 Å². The summed E-state index contributed by atoms with van der Waals surface area (Å²) in [6.45, 7) is 3.82. The van der Waals surface area contributed by atoms with E-state index in [-0.39, 0.29) is 12.5 Å². The van der Waals surface area contributed by atoms with Crippen LogP contribution in [-0.2, 0) is 14.3 Å². The molecule has 6 N–H and O–H groups in total. The van der Waals surface area contributed by atoms with E-state index in [9.17, 15) is 30.3 Å². The molecule has 298 valence electrons. The summed E-state index contributed by atoms with van der Waals surface area (Å²) in [5, 5.41) is 54.2.